The van der Waals surface area contributed by atoms with Crippen LogP contribution in [0.2, 0.25) is 0 Å². The van der Waals surface area contributed by atoms with Gasteiger partial charge in [0.15, 0.2) is 5.96 Å². The quantitative estimate of drug-likeness (QED) is 0.602. The molecule has 1 aromatic heterocycles. The van der Waals surface area contributed by atoms with Gasteiger partial charge in [0.2, 0.25) is 0 Å². The minimum Gasteiger partial charge on any atom is -0.497 e. The van der Waals surface area contributed by atoms with Crippen LogP contribution in [-0.4, -0.2) is 37.7 Å². The highest BCUT2D eigenvalue weighted by Gasteiger charge is 2.06. The van der Waals surface area contributed by atoms with E-state index in [1.165, 1.54) is 0 Å². The number of aromatic nitrogens is 1. The summed E-state index contributed by atoms with van der Waals surface area (Å²) in [5.41, 5.74) is 0.959. The monoisotopic (exact) mass is 328 g/mol. The van der Waals surface area contributed by atoms with Gasteiger partial charge in [-0.1, -0.05) is 12.1 Å². The van der Waals surface area contributed by atoms with Gasteiger partial charge < -0.3 is 20.1 Å². The van der Waals surface area contributed by atoms with Crippen molar-refractivity contribution in [2.45, 2.75) is 19.6 Å². The minimum absolute atomic E-state index is 0.0227. The molecular formula is C18H24N4O2. The standard InChI is InChI=1S/C18H24N4O2/c1-14(24-17-9-6-8-16(11-17)23-3)12-21-18(19-2)22-13-15-7-4-5-10-20-15/h4-11,14H,12-13H2,1-3H3,(H2,19,21,22). The van der Waals surface area contributed by atoms with Crippen LogP contribution >= 0.6 is 0 Å². The van der Waals surface area contributed by atoms with Crippen molar-refractivity contribution in [2.24, 2.45) is 4.99 Å². The molecule has 0 saturated carbocycles. The molecular weight excluding hydrogens is 304 g/mol. The van der Waals surface area contributed by atoms with Crippen LogP contribution < -0.4 is 20.1 Å². The summed E-state index contributed by atoms with van der Waals surface area (Å²) >= 11 is 0. The van der Waals surface area contributed by atoms with Crippen LogP contribution in [0.5, 0.6) is 11.5 Å². The van der Waals surface area contributed by atoms with Crippen LogP contribution in [0.1, 0.15) is 12.6 Å². The number of rotatable bonds is 7. The molecule has 0 spiro atoms. The van der Waals surface area contributed by atoms with E-state index >= 15 is 0 Å². The third kappa shape index (κ3) is 5.79. The van der Waals surface area contributed by atoms with Gasteiger partial charge in [-0.25, -0.2) is 0 Å². The summed E-state index contributed by atoms with van der Waals surface area (Å²) in [6.07, 6.45) is 1.75. The van der Waals surface area contributed by atoms with Crippen LogP contribution in [-0.2, 0) is 6.54 Å². The van der Waals surface area contributed by atoms with E-state index < -0.39 is 0 Å². The Labute approximate surface area is 142 Å². The lowest BCUT2D eigenvalue weighted by molar-refractivity contribution is 0.223. The van der Waals surface area contributed by atoms with Crippen molar-refractivity contribution in [2.75, 3.05) is 20.7 Å². The van der Waals surface area contributed by atoms with Gasteiger partial charge in [-0.2, -0.15) is 0 Å². The number of ether oxygens (including phenoxy) is 2. The Kier molecular flexibility index (Phi) is 6.89. The van der Waals surface area contributed by atoms with Crippen molar-refractivity contribution in [3.8, 4) is 11.5 Å². The Morgan fingerprint density at radius 1 is 1.17 bits per heavy atom. The molecule has 1 aromatic carbocycles. The van der Waals surface area contributed by atoms with Gasteiger partial charge in [0, 0.05) is 19.3 Å². The second-order valence-electron chi connectivity index (χ2n) is 5.24. The van der Waals surface area contributed by atoms with Crippen LogP contribution in [0.15, 0.2) is 53.7 Å². The number of nitrogens with one attached hydrogen (secondary N) is 2. The largest absolute Gasteiger partial charge is 0.497 e. The van der Waals surface area contributed by atoms with Crippen LogP contribution in [0.3, 0.4) is 0 Å². The van der Waals surface area contributed by atoms with Crippen LogP contribution in [0.4, 0.5) is 0 Å². The number of benzene rings is 1. The van der Waals surface area contributed by atoms with Crippen molar-refractivity contribution >= 4 is 5.96 Å². The zero-order valence-electron chi connectivity index (χ0n) is 14.3. The Hall–Kier alpha value is -2.76. The molecule has 0 aliphatic heterocycles. The van der Waals surface area contributed by atoms with Gasteiger partial charge >= 0.3 is 0 Å². The summed E-state index contributed by atoms with van der Waals surface area (Å²) in [5.74, 6) is 2.27. The van der Waals surface area contributed by atoms with E-state index in [0.717, 1.165) is 17.2 Å². The smallest absolute Gasteiger partial charge is 0.191 e. The van der Waals surface area contributed by atoms with Gasteiger partial charge in [0.05, 0.1) is 25.9 Å². The normalized spacial score (nSPS) is 12.4. The fourth-order valence-corrected chi connectivity index (χ4v) is 2.09. The number of hydrogen-bond donors (Lipinski definition) is 2. The number of pyridine rings is 1. The van der Waals surface area contributed by atoms with Gasteiger partial charge in [-0.15, -0.1) is 0 Å². The molecule has 6 nitrogen and oxygen atoms in total. The Bertz CT molecular complexity index is 646. The summed E-state index contributed by atoms with van der Waals surface area (Å²) in [7, 11) is 3.38. The highest BCUT2D eigenvalue weighted by atomic mass is 16.5. The predicted octanol–water partition coefficient (Wildman–Crippen LogP) is 2.22. The molecule has 1 heterocycles. The van der Waals surface area contributed by atoms with Crippen molar-refractivity contribution in [3.05, 3.63) is 54.4 Å². The van der Waals surface area contributed by atoms with E-state index in [1.54, 1.807) is 20.4 Å². The first-order chi connectivity index (χ1) is 11.7. The fourth-order valence-electron chi connectivity index (χ4n) is 2.09. The van der Waals surface area contributed by atoms with E-state index in [1.807, 2.05) is 49.4 Å². The van der Waals surface area contributed by atoms with Crippen molar-refractivity contribution in [3.63, 3.8) is 0 Å². The van der Waals surface area contributed by atoms with Crippen LogP contribution in [0, 0.1) is 0 Å². The average Bonchev–Trinajstić information content (AvgIpc) is 2.63. The molecule has 2 aromatic rings. The average molecular weight is 328 g/mol. The molecule has 2 rings (SSSR count). The van der Waals surface area contributed by atoms with Gasteiger partial charge in [0.25, 0.3) is 0 Å². The predicted molar refractivity (Wildman–Crippen MR) is 95.5 cm³/mol. The molecule has 0 aliphatic carbocycles. The number of aliphatic imine (C=N–C) groups is 1. The molecule has 1 unspecified atom stereocenters. The maximum atomic E-state index is 5.88. The lowest BCUT2D eigenvalue weighted by Gasteiger charge is -2.18. The summed E-state index contributed by atoms with van der Waals surface area (Å²) in [6, 6.07) is 13.4. The number of guanidine groups is 1. The molecule has 2 N–H and O–H groups in total. The molecule has 0 amide bonds. The maximum Gasteiger partial charge on any atom is 0.191 e. The molecule has 0 bridgehead atoms. The van der Waals surface area contributed by atoms with E-state index in [0.29, 0.717) is 19.0 Å². The molecule has 0 aliphatic rings. The van der Waals surface area contributed by atoms with E-state index in [4.69, 9.17) is 9.47 Å². The van der Waals surface area contributed by atoms with Gasteiger partial charge in [-0.3, -0.25) is 9.98 Å². The first kappa shape index (κ1) is 17.6. The third-order valence-corrected chi connectivity index (χ3v) is 3.32. The van der Waals surface area contributed by atoms with E-state index in [2.05, 4.69) is 20.6 Å². The zero-order valence-corrected chi connectivity index (χ0v) is 14.3. The topological polar surface area (TPSA) is 67.8 Å². The third-order valence-electron chi connectivity index (χ3n) is 3.32. The Morgan fingerprint density at radius 2 is 2.00 bits per heavy atom. The van der Waals surface area contributed by atoms with Crippen LogP contribution in [0.25, 0.3) is 0 Å². The molecule has 0 fully saturated rings. The molecule has 6 heteroatoms. The van der Waals surface area contributed by atoms with Gasteiger partial charge in [-0.05, 0) is 31.2 Å². The Morgan fingerprint density at radius 3 is 2.71 bits per heavy atom. The summed E-state index contributed by atoms with van der Waals surface area (Å²) in [4.78, 5) is 8.47. The number of nitrogens with zero attached hydrogens (tertiary/aromatic N) is 2. The Balaban J connectivity index is 1.77. The second-order valence-corrected chi connectivity index (χ2v) is 5.24. The van der Waals surface area contributed by atoms with Crippen molar-refractivity contribution in [1.82, 2.24) is 15.6 Å². The lowest BCUT2D eigenvalue weighted by atomic mass is 10.3. The molecule has 0 radical (unpaired) electrons. The van der Waals surface area contributed by atoms with Crippen molar-refractivity contribution < 1.29 is 9.47 Å². The summed E-state index contributed by atoms with van der Waals surface area (Å²) in [6.45, 7) is 3.24. The SMILES string of the molecule is CN=C(NCc1ccccn1)NCC(C)Oc1cccc(OC)c1. The number of methoxy groups -OCH3 is 1. The van der Waals surface area contributed by atoms with Gasteiger partial charge in [0.1, 0.15) is 17.6 Å². The molecule has 128 valence electrons. The minimum atomic E-state index is -0.0227. The maximum absolute atomic E-state index is 5.88. The van der Waals surface area contributed by atoms with E-state index in [9.17, 15) is 0 Å². The summed E-state index contributed by atoms with van der Waals surface area (Å²) < 4.78 is 11.1. The highest BCUT2D eigenvalue weighted by Crippen LogP contribution is 2.19. The highest BCUT2D eigenvalue weighted by molar-refractivity contribution is 5.79. The number of hydrogen-bond acceptors (Lipinski definition) is 4. The molecule has 1 atom stereocenters. The molecule has 24 heavy (non-hydrogen) atoms. The molecule has 0 saturated heterocycles. The summed E-state index contributed by atoms with van der Waals surface area (Å²) in [5, 5.41) is 6.47. The second kappa shape index (κ2) is 9.39. The van der Waals surface area contributed by atoms with Crippen molar-refractivity contribution in [1.29, 1.82) is 0 Å². The van der Waals surface area contributed by atoms with E-state index in [-0.39, 0.29) is 6.10 Å². The fraction of sp³-hybridized carbons (Fsp3) is 0.333. The first-order valence-electron chi connectivity index (χ1n) is 7.86. The zero-order chi connectivity index (χ0) is 17.2. The lowest BCUT2D eigenvalue weighted by Crippen LogP contribution is -2.41. The first-order valence-corrected chi connectivity index (χ1v) is 7.86.